The highest BCUT2D eigenvalue weighted by Crippen LogP contribution is 2.70. The van der Waals surface area contributed by atoms with E-state index in [2.05, 4.69) is 19.9 Å². The van der Waals surface area contributed by atoms with E-state index in [4.69, 9.17) is 18.9 Å². The van der Waals surface area contributed by atoms with E-state index in [1.54, 1.807) is 0 Å². The molecule has 5 rings (SSSR count). The van der Waals surface area contributed by atoms with Gasteiger partial charge in [0, 0.05) is 50.9 Å². The lowest BCUT2D eigenvalue weighted by atomic mass is 9.45. The van der Waals surface area contributed by atoms with Crippen LogP contribution in [0.3, 0.4) is 0 Å². The lowest BCUT2D eigenvalue weighted by molar-refractivity contribution is -0.209. The van der Waals surface area contributed by atoms with Crippen LogP contribution in [0.15, 0.2) is 11.6 Å². The van der Waals surface area contributed by atoms with Crippen molar-refractivity contribution in [1.82, 2.24) is 0 Å². The van der Waals surface area contributed by atoms with Gasteiger partial charge < -0.3 is 18.9 Å². The Labute approximate surface area is 212 Å². The molecule has 8 nitrogen and oxygen atoms in total. The monoisotopic (exact) mass is 502 g/mol. The largest absolute Gasteiger partial charge is 0.462 e. The normalized spacial score (nSPS) is 45.0. The highest BCUT2D eigenvalue weighted by Gasteiger charge is 2.71. The smallest absolute Gasteiger partial charge is 0.306 e. The molecule has 0 N–H and O–H groups in total. The van der Waals surface area contributed by atoms with Crippen molar-refractivity contribution in [2.24, 2.45) is 28.6 Å². The van der Waals surface area contributed by atoms with E-state index in [0.717, 1.165) is 31.3 Å². The van der Waals surface area contributed by atoms with Crippen LogP contribution in [-0.4, -0.2) is 47.8 Å². The van der Waals surface area contributed by atoms with Crippen LogP contribution in [0, 0.1) is 28.6 Å². The average molecular weight is 503 g/mol. The van der Waals surface area contributed by atoms with Gasteiger partial charge in [0.05, 0.1) is 0 Å². The molecule has 1 spiro atoms. The second-order valence-electron chi connectivity index (χ2n) is 12.1. The lowest BCUT2D eigenvalue weighted by Crippen LogP contribution is -2.63. The standard InChI is InChI=1S/C28H38O8/c1-15(29)33-19-6-9-26(4)18(12-19)13-21(34-16(2)30)24-20-7-10-28(11-8-23(32)36-28)27(20,5)14-22(25(24)26)35-17(3)31/h13,19-22,24-25H,6-12,14H2,1-5H3/t19-,20?,21-,22+,24?,25?,26?,27?,28+/m0/s1. The Balaban J connectivity index is 1.61. The quantitative estimate of drug-likeness (QED) is 0.323. The van der Waals surface area contributed by atoms with Gasteiger partial charge in [-0.25, -0.2) is 0 Å². The van der Waals surface area contributed by atoms with E-state index in [9.17, 15) is 19.2 Å². The zero-order valence-corrected chi connectivity index (χ0v) is 22.0. The Kier molecular flexibility index (Phi) is 6.03. The fraction of sp³-hybridized carbons (Fsp3) is 0.786. The van der Waals surface area contributed by atoms with Crippen molar-refractivity contribution < 1.29 is 38.1 Å². The maximum Gasteiger partial charge on any atom is 0.306 e. The molecule has 9 atom stereocenters. The third kappa shape index (κ3) is 3.77. The highest BCUT2D eigenvalue weighted by molar-refractivity contribution is 5.72. The maximum atomic E-state index is 12.4. The van der Waals surface area contributed by atoms with Crippen LogP contribution in [0.25, 0.3) is 0 Å². The molecule has 8 heteroatoms. The summed E-state index contributed by atoms with van der Waals surface area (Å²) < 4.78 is 23.7. The van der Waals surface area contributed by atoms with Gasteiger partial charge in [-0.15, -0.1) is 0 Å². The molecule has 1 heterocycles. The molecular formula is C28H38O8. The van der Waals surface area contributed by atoms with Crippen molar-refractivity contribution in [2.75, 3.05) is 0 Å². The Morgan fingerprint density at radius 2 is 1.64 bits per heavy atom. The summed E-state index contributed by atoms with van der Waals surface area (Å²) in [5.41, 5.74) is -0.151. The molecule has 1 saturated heterocycles. The van der Waals surface area contributed by atoms with E-state index in [0.29, 0.717) is 25.7 Å². The molecule has 5 aliphatic rings. The van der Waals surface area contributed by atoms with Crippen LogP contribution in [0.1, 0.15) is 86.0 Å². The number of carbonyl (C=O) groups is 4. The molecular weight excluding hydrogens is 464 g/mol. The van der Waals surface area contributed by atoms with Gasteiger partial charge in [-0.05, 0) is 55.9 Å². The fourth-order valence-corrected chi connectivity index (χ4v) is 8.92. The van der Waals surface area contributed by atoms with Gasteiger partial charge in [0.25, 0.3) is 0 Å². The number of hydrogen-bond donors (Lipinski definition) is 0. The summed E-state index contributed by atoms with van der Waals surface area (Å²) in [6.45, 7) is 8.69. The van der Waals surface area contributed by atoms with Gasteiger partial charge in [-0.1, -0.05) is 19.4 Å². The van der Waals surface area contributed by atoms with E-state index in [1.165, 1.54) is 20.8 Å². The van der Waals surface area contributed by atoms with E-state index in [-0.39, 0.29) is 53.1 Å². The van der Waals surface area contributed by atoms with Crippen molar-refractivity contribution in [1.29, 1.82) is 0 Å². The van der Waals surface area contributed by atoms with Crippen molar-refractivity contribution in [2.45, 2.75) is 110 Å². The predicted octanol–water partition coefficient (Wildman–Crippen LogP) is 4.04. The van der Waals surface area contributed by atoms with Crippen LogP contribution >= 0.6 is 0 Å². The summed E-state index contributed by atoms with van der Waals surface area (Å²) >= 11 is 0. The van der Waals surface area contributed by atoms with E-state index >= 15 is 0 Å². The molecule has 4 aliphatic carbocycles. The SMILES string of the molecule is CC(=O)O[C@H]1CCC2(C)C(=C[C@H](OC(C)=O)C3C2[C@H](OC(C)=O)CC2(C)C3CC[C@@]23CCC(=O)O3)C1. The van der Waals surface area contributed by atoms with Crippen LogP contribution in [-0.2, 0) is 38.1 Å². The first-order valence-electron chi connectivity index (χ1n) is 13.3. The molecule has 36 heavy (non-hydrogen) atoms. The summed E-state index contributed by atoms with van der Waals surface area (Å²) in [5, 5.41) is 0. The molecule has 0 aromatic heterocycles. The molecule has 0 aromatic rings. The Hall–Kier alpha value is -2.38. The number of ether oxygens (including phenoxy) is 4. The number of hydrogen-bond acceptors (Lipinski definition) is 8. The minimum atomic E-state index is -0.573. The first kappa shape index (κ1) is 25.3. The van der Waals surface area contributed by atoms with Crippen molar-refractivity contribution in [3.05, 3.63) is 11.6 Å². The molecule has 0 bridgehead atoms. The molecule has 0 amide bonds. The minimum absolute atomic E-state index is 0.0608. The number of carbonyl (C=O) groups excluding carboxylic acids is 4. The second-order valence-corrected chi connectivity index (χ2v) is 12.1. The average Bonchev–Trinajstić information content (AvgIpc) is 3.27. The van der Waals surface area contributed by atoms with Crippen LogP contribution in [0.2, 0.25) is 0 Å². The third-order valence-electron chi connectivity index (χ3n) is 10.3. The van der Waals surface area contributed by atoms with Gasteiger partial charge in [0.15, 0.2) is 0 Å². The Morgan fingerprint density at radius 1 is 0.944 bits per heavy atom. The summed E-state index contributed by atoms with van der Waals surface area (Å²) in [4.78, 5) is 48.6. The first-order valence-corrected chi connectivity index (χ1v) is 13.3. The van der Waals surface area contributed by atoms with Crippen molar-refractivity contribution in [3.63, 3.8) is 0 Å². The number of rotatable bonds is 3. The van der Waals surface area contributed by atoms with Gasteiger partial charge >= 0.3 is 23.9 Å². The summed E-state index contributed by atoms with van der Waals surface area (Å²) in [7, 11) is 0. The molecule has 1 aliphatic heterocycles. The van der Waals surface area contributed by atoms with Gasteiger partial charge in [-0.3, -0.25) is 19.2 Å². The molecule has 0 aromatic carbocycles. The Morgan fingerprint density at radius 3 is 2.25 bits per heavy atom. The highest BCUT2D eigenvalue weighted by atomic mass is 16.6. The van der Waals surface area contributed by atoms with E-state index < -0.39 is 23.2 Å². The third-order valence-corrected chi connectivity index (χ3v) is 10.3. The lowest BCUT2D eigenvalue weighted by Gasteiger charge is -2.62. The van der Waals surface area contributed by atoms with Gasteiger partial charge in [0.1, 0.15) is 23.9 Å². The molecule has 3 saturated carbocycles. The topological polar surface area (TPSA) is 105 Å². The number of esters is 4. The molecule has 198 valence electrons. The second kappa shape index (κ2) is 8.59. The minimum Gasteiger partial charge on any atom is -0.462 e. The van der Waals surface area contributed by atoms with Gasteiger partial charge in [0.2, 0.25) is 0 Å². The predicted molar refractivity (Wildman–Crippen MR) is 127 cm³/mol. The molecule has 4 fully saturated rings. The first-order chi connectivity index (χ1) is 16.9. The van der Waals surface area contributed by atoms with Crippen molar-refractivity contribution in [3.8, 4) is 0 Å². The number of fused-ring (bicyclic) bond motifs is 6. The zero-order chi connectivity index (χ0) is 26.0. The summed E-state index contributed by atoms with van der Waals surface area (Å²) in [6.07, 6.45) is 6.38. The van der Waals surface area contributed by atoms with Crippen LogP contribution in [0.5, 0.6) is 0 Å². The van der Waals surface area contributed by atoms with Crippen molar-refractivity contribution >= 4 is 23.9 Å². The van der Waals surface area contributed by atoms with E-state index in [1.807, 2.05) is 0 Å². The van der Waals surface area contributed by atoms with Crippen LogP contribution in [0.4, 0.5) is 0 Å². The zero-order valence-electron chi connectivity index (χ0n) is 22.0. The fourth-order valence-electron chi connectivity index (χ4n) is 8.92. The molecule has 0 radical (unpaired) electrons. The molecule has 5 unspecified atom stereocenters. The maximum absolute atomic E-state index is 12.4. The van der Waals surface area contributed by atoms with Gasteiger partial charge in [-0.2, -0.15) is 0 Å². The summed E-state index contributed by atoms with van der Waals surface area (Å²) in [5.74, 6) is -1.16. The summed E-state index contributed by atoms with van der Waals surface area (Å²) in [6, 6.07) is 0. The van der Waals surface area contributed by atoms with Crippen LogP contribution < -0.4 is 0 Å². The Bertz CT molecular complexity index is 1020.